The molecular weight excluding hydrogens is 399 g/mol. The lowest BCUT2D eigenvalue weighted by atomic mass is 10.1. The number of rotatable bonds is 4. The maximum absolute atomic E-state index is 6.48. The minimum Gasteiger partial charge on any atom is -0.0832 e. The number of fused-ring (bicyclic) bond motifs is 2. The molecule has 5 aromatic carbocycles. The van der Waals surface area contributed by atoms with Gasteiger partial charge in [0.25, 0.3) is 0 Å². The lowest BCUT2D eigenvalue weighted by molar-refractivity contribution is 1.66. The van der Waals surface area contributed by atoms with Gasteiger partial charge in [0.05, 0.1) is 0 Å². The van der Waals surface area contributed by atoms with Crippen molar-refractivity contribution in [2.75, 3.05) is 0 Å². The highest BCUT2D eigenvalue weighted by atomic mass is 32.4. The highest BCUT2D eigenvalue weighted by molar-refractivity contribution is 8.23. The Morgan fingerprint density at radius 1 is 0.500 bits per heavy atom. The summed E-state index contributed by atoms with van der Waals surface area (Å²) >= 11 is 6.48. The second kappa shape index (κ2) is 8.03. The molecule has 5 rings (SSSR count). The number of hydrogen-bond donors (Lipinski definition) is 0. The minimum atomic E-state index is -2.15. The number of benzene rings is 5. The summed E-state index contributed by atoms with van der Waals surface area (Å²) in [5.41, 5.74) is 1.17. The van der Waals surface area contributed by atoms with Crippen LogP contribution in [0, 0.1) is 0 Å². The fourth-order valence-corrected chi connectivity index (χ4v) is 6.99. The van der Waals surface area contributed by atoms with E-state index in [1.165, 1.54) is 37.7 Å². The van der Waals surface area contributed by atoms with Crippen LogP contribution in [0.5, 0.6) is 0 Å². The molecule has 0 aliphatic carbocycles. The fourth-order valence-electron chi connectivity index (χ4n) is 3.84. The van der Waals surface area contributed by atoms with Gasteiger partial charge in [-0.1, -0.05) is 121 Å². The first-order chi connectivity index (χ1) is 14.7. The van der Waals surface area contributed by atoms with E-state index in [-0.39, 0.29) is 0 Å². The molecule has 0 saturated carbocycles. The summed E-state index contributed by atoms with van der Waals surface area (Å²) in [5.74, 6) is 2.27. The molecule has 0 amide bonds. The average molecular weight is 421 g/mol. The minimum absolute atomic E-state index is 1.17. The Morgan fingerprint density at radius 3 is 1.50 bits per heavy atom. The highest BCUT2D eigenvalue weighted by Gasteiger charge is 2.20. The molecule has 0 unspecified atom stereocenters. The molecule has 2 heteroatoms. The summed E-state index contributed by atoms with van der Waals surface area (Å²) in [4.78, 5) is 0. The molecule has 0 nitrogen and oxygen atoms in total. The largest absolute Gasteiger partial charge is 0.0832 e. The lowest BCUT2D eigenvalue weighted by Crippen LogP contribution is -2.14. The van der Waals surface area contributed by atoms with Gasteiger partial charge in [-0.25, -0.2) is 0 Å². The first-order valence-electron chi connectivity index (χ1n) is 10.1. The van der Waals surface area contributed by atoms with E-state index in [1.807, 2.05) is 6.07 Å². The number of hydrogen-bond acceptors (Lipinski definition) is 1. The zero-order chi connectivity index (χ0) is 20.4. The summed E-state index contributed by atoms with van der Waals surface area (Å²) < 4.78 is 0. The van der Waals surface area contributed by atoms with Gasteiger partial charge in [0.2, 0.25) is 0 Å². The van der Waals surface area contributed by atoms with Crippen molar-refractivity contribution in [1.82, 2.24) is 0 Å². The summed E-state index contributed by atoms with van der Waals surface area (Å²) in [6.45, 7) is 0. The molecule has 0 N–H and O–H groups in total. The zero-order valence-corrected chi connectivity index (χ0v) is 18.2. The summed E-state index contributed by atoms with van der Waals surface area (Å²) in [7, 11) is 0. The monoisotopic (exact) mass is 420 g/mol. The molecule has 5 aromatic rings. The lowest BCUT2D eigenvalue weighted by Gasteiger charge is -2.21. The van der Waals surface area contributed by atoms with Gasteiger partial charge in [0.15, 0.2) is 0 Å². The fraction of sp³-hybridized carbons (Fsp3) is 0. The third-order valence-corrected chi connectivity index (χ3v) is 9.80. The predicted octanol–water partition coefficient (Wildman–Crippen LogP) is 7.09. The molecule has 0 bridgehead atoms. The Kier molecular flexibility index (Phi) is 5.09. The molecule has 0 saturated heterocycles. The van der Waals surface area contributed by atoms with Crippen molar-refractivity contribution in [1.29, 1.82) is 0 Å². The van der Waals surface area contributed by atoms with Crippen LogP contribution in [0.15, 0.2) is 121 Å². The summed E-state index contributed by atoms with van der Waals surface area (Å²) in [6, 6.07) is 38.6. The predicted molar refractivity (Wildman–Crippen MR) is 137 cm³/mol. The van der Waals surface area contributed by atoms with E-state index in [1.54, 1.807) is 0 Å². The van der Waals surface area contributed by atoms with Gasteiger partial charge in [-0.3, -0.25) is 0 Å². The molecule has 144 valence electrons. The Morgan fingerprint density at radius 2 is 0.967 bits per heavy atom. The maximum Gasteiger partial charge on any atom is 0.0311 e. The SMILES string of the molecule is S=P(/C=C/c1ccccc1)(c1ccc2ccccc2c1)c1ccc2ccccc2c1. The van der Waals surface area contributed by atoms with Crippen molar-refractivity contribution in [2.45, 2.75) is 0 Å². The molecule has 0 fully saturated rings. The van der Waals surface area contributed by atoms with Gasteiger partial charge < -0.3 is 0 Å². The van der Waals surface area contributed by atoms with Gasteiger partial charge in [0.1, 0.15) is 0 Å². The summed E-state index contributed by atoms with van der Waals surface area (Å²) in [5, 5.41) is 7.40. The topological polar surface area (TPSA) is 0 Å². The van der Waals surface area contributed by atoms with Crippen LogP contribution in [-0.2, 0) is 11.8 Å². The van der Waals surface area contributed by atoms with Crippen LogP contribution in [0.3, 0.4) is 0 Å². The van der Waals surface area contributed by atoms with E-state index >= 15 is 0 Å². The molecule has 0 aliphatic rings. The summed E-state index contributed by atoms with van der Waals surface area (Å²) in [6.07, 6.45) is 2.19. The van der Waals surface area contributed by atoms with Crippen LogP contribution in [0.2, 0.25) is 0 Å². The molecule has 0 aromatic heterocycles. The molecule has 0 aliphatic heterocycles. The zero-order valence-electron chi connectivity index (χ0n) is 16.5. The Hall–Kier alpha value is -2.99. The highest BCUT2D eigenvalue weighted by Crippen LogP contribution is 2.47. The van der Waals surface area contributed by atoms with Crippen molar-refractivity contribution in [2.24, 2.45) is 0 Å². The molecule has 0 spiro atoms. The van der Waals surface area contributed by atoms with Crippen LogP contribution in [0.4, 0.5) is 0 Å². The van der Waals surface area contributed by atoms with Crippen LogP contribution >= 0.6 is 6.04 Å². The van der Waals surface area contributed by atoms with Crippen molar-refractivity contribution in [3.8, 4) is 0 Å². The van der Waals surface area contributed by atoms with Crippen molar-refractivity contribution in [3.63, 3.8) is 0 Å². The Bertz CT molecular complexity index is 1330. The smallest absolute Gasteiger partial charge is 0.0311 e. The molecular formula is C28H21PS. The third kappa shape index (κ3) is 3.63. The quantitative estimate of drug-likeness (QED) is 0.280. The average Bonchev–Trinajstić information content (AvgIpc) is 2.82. The van der Waals surface area contributed by atoms with E-state index in [0.29, 0.717) is 0 Å². The molecule has 0 radical (unpaired) electrons. The standard InChI is InChI=1S/C28H21PS/c30-29(19-18-22-8-2-1-3-9-22,27-16-14-23-10-4-6-12-25(23)20-27)28-17-15-24-11-5-7-13-26(24)21-28/h1-21H/b19-18+. The Labute approximate surface area is 182 Å². The van der Waals surface area contributed by atoms with Gasteiger partial charge >= 0.3 is 0 Å². The first-order valence-corrected chi connectivity index (χ1v) is 12.9. The van der Waals surface area contributed by atoms with Crippen molar-refractivity contribution >= 4 is 56.1 Å². The maximum atomic E-state index is 6.48. The van der Waals surface area contributed by atoms with E-state index in [4.69, 9.17) is 11.8 Å². The molecule has 0 atom stereocenters. The normalized spacial score (nSPS) is 12.0. The second-order valence-electron chi connectivity index (χ2n) is 7.45. The first kappa shape index (κ1) is 19.0. The van der Waals surface area contributed by atoms with Crippen molar-refractivity contribution in [3.05, 3.63) is 127 Å². The van der Waals surface area contributed by atoms with E-state index in [9.17, 15) is 0 Å². The van der Waals surface area contributed by atoms with Gasteiger partial charge in [-0.2, -0.15) is 0 Å². The Balaban J connectivity index is 1.71. The van der Waals surface area contributed by atoms with Gasteiger partial charge in [0, 0.05) is 6.04 Å². The van der Waals surface area contributed by atoms with Gasteiger partial charge in [-0.15, -0.1) is 0 Å². The van der Waals surface area contributed by atoms with Crippen LogP contribution in [0.1, 0.15) is 5.56 Å². The second-order valence-corrected chi connectivity index (χ2v) is 11.8. The van der Waals surface area contributed by atoms with Crippen LogP contribution in [0.25, 0.3) is 27.6 Å². The molecule has 0 heterocycles. The van der Waals surface area contributed by atoms with E-state index < -0.39 is 6.04 Å². The molecule has 30 heavy (non-hydrogen) atoms. The van der Waals surface area contributed by atoms with Gasteiger partial charge in [-0.05, 0) is 55.7 Å². The van der Waals surface area contributed by atoms with E-state index in [0.717, 1.165) is 0 Å². The van der Waals surface area contributed by atoms with Crippen molar-refractivity contribution < 1.29 is 0 Å². The van der Waals surface area contributed by atoms with E-state index in [2.05, 4.69) is 121 Å². The van der Waals surface area contributed by atoms with Crippen LogP contribution in [-0.4, -0.2) is 0 Å². The third-order valence-electron chi connectivity index (χ3n) is 5.51. The van der Waals surface area contributed by atoms with Crippen LogP contribution < -0.4 is 10.6 Å².